The Kier molecular flexibility index (Phi) is 4.33. The first kappa shape index (κ1) is 14.5. The van der Waals surface area contributed by atoms with Crippen molar-refractivity contribution in [2.24, 2.45) is 0 Å². The Morgan fingerprint density at radius 3 is 2.55 bits per heavy atom. The van der Waals surface area contributed by atoms with E-state index < -0.39 is 0 Å². The van der Waals surface area contributed by atoms with Gasteiger partial charge in [0.15, 0.2) is 0 Å². The van der Waals surface area contributed by atoms with E-state index in [1.807, 2.05) is 22.9 Å². The maximum atomic E-state index is 4.29. The molecule has 0 N–H and O–H groups in total. The van der Waals surface area contributed by atoms with Gasteiger partial charge in [0, 0.05) is 6.20 Å². The second-order valence-electron chi connectivity index (χ2n) is 5.75. The minimum Gasteiger partial charge on any atom is -0.248 e. The van der Waals surface area contributed by atoms with Gasteiger partial charge in [0.25, 0.3) is 0 Å². The van der Waals surface area contributed by atoms with Crippen molar-refractivity contribution in [3.05, 3.63) is 82.7 Å². The first-order chi connectivity index (χ1) is 10.7. The van der Waals surface area contributed by atoms with Crippen LogP contribution in [-0.2, 0) is 19.4 Å². The Labute approximate surface area is 131 Å². The summed E-state index contributed by atoms with van der Waals surface area (Å²) in [6, 6.07) is 16.8. The molecule has 2 aromatic carbocycles. The van der Waals surface area contributed by atoms with Gasteiger partial charge in [0.2, 0.25) is 0 Å². The van der Waals surface area contributed by atoms with Crippen molar-refractivity contribution in [3.8, 4) is 0 Å². The van der Waals surface area contributed by atoms with Crippen molar-refractivity contribution in [2.75, 3.05) is 0 Å². The number of benzene rings is 2. The zero-order valence-electron chi connectivity index (χ0n) is 13.2. The maximum absolute atomic E-state index is 4.29. The van der Waals surface area contributed by atoms with Crippen LogP contribution in [0.25, 0.3) is 0 Å². The molecule has 0 radical (unpaired) electrons. The minimum absolute atomic E-state index is 0.775. The first-order valence-corrected chi connectivity index (χ1v) is 7.70. The van der Waals surface area contributed by atoms with Gasteiger partial charge in [-0.1, -0.05) is 53.7 Å². The number of aromatic nitrogens is 3. The summed E-state index contributed by atoms with van der Waals surface area (Å²) < 4.78 is 1.91. The number of hydrogen-bond acceptors (Lipinski definition) is 2. The molecule has 0 unspecified atom stereocenters. The molecule has 0 aliphatic heterocycles. The van der Waals surface area contributed by atoms with Crippen molar-refractivity contribution in [3.63, 3.8) is 0 Å². The fourth-order valence-electron chi connectivity index (χ4n) is 2.65. The summed E-state index contributed by atoms with van der Waals surface area (Å²) in [7, 11) is 0. The summed E-state index contributed by atoms with van der Waals surface area (Å²) in [4.78, 5) is 0. The maximum Gasteiger partial charge on any atom is 0.0830 e. The van der Waals surface area contributed by atoms with Crippen LogP contribution in [0.3, 0.4) is 0 Å². The zero-order valence-corrected chi connectivity index (χ0v) is 13.2. The first-order valence-electron chi connectivity index (χ1n) is 7.70. The smallest absolute Gasteiger partial charge is 0.0830 e. The van der Waals surface area contributed by atoms with Gasteiger partial charge >= 0.3 is 0 Å². The van der Waals surface area contributed by atoms with E-state index in [9.17, 15) is 0 Å². The summed E-state index contributed by atoms with van der Waals surface area (Å²) in [6.07, 6.45) is 3.99. The molecule has 0 saturated carbocycles. The molecule has 3 heteroatoms. The third-order valence-corrected chi connectivity index (χ3v) is 4.14. The average Bonchev–Trinajstić information content (AvgIpc) is 2.97. The molecule has 0 fully saturated rings. The van der Waals surface area contributed by atoms with Gasteiger partial charge in [-0.15, -0.1) is 5.10 Å². The molecular formula is C19H21N3. The molecule has 0 atom stereocenters. The number of hydrogen-bond donors (Lipinski definition) is 0. The Morgan fingerprint density at radius 2 is 1.73 bits per heavy atom. The van der Waals surface area contributed by atoms with E-state index >= 15 is 0 Å². The number of aryl methyl sites for hydroxylation is 3. The van der Waals surface area contributed by atoms with E-state index in [1.54, 1.807) is 0 Å². The van der Waals surface area contributed by atoms with Crippen LogP contribution < -0.4 is 0 Å². The Hall–Kier alpha value is -2.42. The third-order valence-electron chi connectivity index (χ3n) is 4.14. The van der Waals surface area contributed by atoms with Crippen molar-refractivity contribution < 1.29 is 0 Å². The van der Waals surface area contributed by atoms with E-state index in [4.69, 9.17) is 0 Å². The molecule has 0 spiro atoms. The SMILES string of the molecule is Cc1cccc(CCc2cn(Cc3ccccc3)nn2)c1C. The monoisotopic (exact) mass is 291 g/mol. The Bertz CT molecular complexity index is 744. The van der Waals surface area contributed by atoms with Gasteiger partial charge in [-0.05, 0) is 48.9 Å². The molecule has 3 nitrogen and oxygen atoms in total. The summed E-state index contributed by atoms with van der Waals surface area (Å²) in [6.45, 7) is 5.13. The van der Waals surface area contributed by atoms with Crippen molar-refractivity contribution in [1.29, 1.82) is 0 Å². The van der Waals surface area contributed by atoms with Crippen LogP contribution in [0, 0.1) is 13.8 Å². The van der Waals surface area contributed by atoms with Crippen LogP contribution in [0.5, 0.6) is 0 Å². The van der Waals surface area contributed by atoms with Gasteiger partial charge in [-0.3, -0.25) is 0 Å². The third kappa shape index (κ3) is 3.42. The highest BCUT2D eigenvalue weighted by molar-refractivity contribution is 5.33. The summed E-state index contributed by atoms with van der Waals surface area (Å²) in [5, 5.41) is 8.52. The Balaban J connectivity index is 1.63. The molecule has 3 aromatic rings. The number of rotatable bonds is 5. The van der Waals surface area contributed by atoms with Crippen molar-refractivity contribution >= 4 is 0 Å². The summed E-state index contributed by atoms with van der Waals surface area (Å²) in [5.74, 6) is 0. The molecule has 112 valence electrons. The van der Waals surface area contributed by atoms with Gasteiger partial charge in [-0.2, -0.15) is 0 Å². The van der Waals surface area contributed by atoms with E-state index in [0.717, 1.165) is 25.1 Å². The lowest BCUT2D eigenvalue weighted by Crippen LogP contribution is -1.99. The fourth-order valence-corrected chi connectivity index (χ4v) is 2.65. The molecular weight excluding hydrogens is 270 g/mol. The van der Waals surface area contributed by atoms with E-state index in [2.05, 4.69) is 60.7 Å². The van der Waals surface area contributed by atoms with E-state index in [0.29, 0.717) is 0 Å². The van der Waals surface area contributed by atoms with Gasteiger partial charge in [-0.25, -0.2) is 4.68 Å². The van der Waals surface area contributed by atoms with Gasteiger partial charge < -0.3 is 0 Å². The molecule has 0 bridgehead atoms. The minimum atomic E-state index is 0.775. The van der Waals surface area contributed by atoms with Crippen LogP contribution in [0.15, 0.2) is 54.7 Å². The Morgan fingerprint density at radius 1 is 0.909 bits per heavy atom. The van der Waals surface area contributed by atoms with Crippen LogP contribution in [-0.4, -0.2) is 15.0 Å². The highest BCUT2D eigenvalue weighted by atomic mass is 15.4. The fraction of sp³-hybridized carbons (Fsp3) is 0.263. The van der Waals surface area contributed by atoms with Crippen LogP contribution in [0.4, 0.5) is 0 Å². The summed E-state index contributed by atoms with van der Waals surface area (Å²) in [5.41, 5.74) is 6.44. The van der Waals surface area contributed by atoms with E-state index in [1.165, 1.54) is 22.3 Å². The number of nitrogens with zero attached hydrogens (tertiary/aromatic N) is 3. The summed E-state index contributed by atoms with van der Waals surface area (Å²) >= 11 is 0. The topological polar surface area (TPSA) is 30.7 Å². The van der Waals surface area contributed by atoms with Crippen LogP contribution in [0.2, 0.25) is 0 Å². The largest absolute Gasteiger partial charge is 0.248 e. The molecule has 22 heavy (non-hydrogen) atoms. The predicted octanol–water partition coefficient (Wildman–Crippen LogP) is 3.73. The zero-order chi connectivity index (χ0) is 15.4. The lowest BCUT2D eigenvalue weighted by Gasteiger charge is -2.07. The van der Waals surface area contributed by atoms with Crippen molar-refractivity contribution in [1.82, 2.24) is 15.0 Å². The lowest BCUT2D eigenvalue weighted by atomic mass is 9.99. The average molecular weight is 291 g/mol. The van der Waals surface area contributed by atoms with Crippen molar-refractivity contribution in [2.45, 2.75) is 33.2 Å². The molecule has 1 aromatic heterocycles. The quantitative estimate of drug-likeness (QED) is 0.717. The van der Waals surface area contributed by atoms with Gasteiger partial charge in [0.05, 0.1) is 12.2 Å². The highest BCUT2D eigenvalue weighted by Crippen LogP contribution is 2.15. The molecule has 0 amide bonds. The second kappa shape index (κ2) is 6.56. The highest BCUT2D eigenvalue weighted by Gasteiger charge is 2.05. The molecule has 0 aliphatic rings. The predicted molar refractivity (Wildman–Crippen MR) is 88.9 cm³/mol. The molecule has 0 saturated heterocycles. The molecule has 1 heterocycles. The second-order valence-corrected chi connectivity index (χ2v) is 5.75. The van der Waals surface area contributed by atoms with Crippen LogP contribution in [0.1, 0.15) is 27.9 Å². The van der Waals surface area contributed by atoms with Crippen LogP contribution >= 0.6 is 0 Å². The molecule has 3 rings (SSSR count). The standard InChI is InChI=1S/C19H21N3/c1-15-7-6-10-18(16(15)2)11-12-19-14-22(21-20-19)13-17-8-4-3-5-9-17/h3-10,14H,11-13H2,1-2H3. The lowest BCUT2D eigenvalue weighted by molar-refractivity contribution is 0.649. The normalized spacial score (nSPS) is 10.8. The van der Waals surface area contributed by atoms with E-state index in [-0.39, 0.29) is 0 Å². The van der Waals surface area contributed by atoms with Gasteiger partial charge in [0.1, 0.15) is 0 Å². The molecule has 0 aliphatic carbocycles.